The predicted octanol–water partition coefficient (Wildman–Crippen LogP) is 2.43. The Hall–Kier alpha value is -2.41. The highest BCUT2D eigenvalue weighted by atomic mass is 35.5. The van der Waals surface area contributed by atoms with Crippen molar-refractivity contribution in [1.82, 2.24) is 19.7 Å². The SMILES string of the molecule is CCCOC(=O)C=Cn1cnc(-c2cc(Cl)nc(OC)c2)n1. The van der Waals surface area contributed by atoms with Gasteiger partial charge in [-0.2, -0.15) is 0 Å². The largest absolute Gasteiger partial charge is 0.481 e. The number of halogens is 1. The van der Waals surface area contributed by atoms with Crippen LogP contribution in [-0.4, -0.2) is 39.4 Å². The number of carbonyl (C=O) groups excluding carboxylic acids is 1. The number of hydrogen-bond donors (Lipinski definition) is 0. The molecule has 2 rings (SSSR count). The van der Waals surface area contributed by atoms with Crippen molar-refractivity contribution in [2.45, 2.75) is 13.3 Å². The Bertz CT molecular complexity index is 684. The van der Waals surface area contributed by atoms with Gasteiger partial charge in [-0.3, -0.25) is 0 Å². The third-order valence-electron chi connectivity index (χ3n) is 2.56. The average molecular weight is 323 g/mol. The van der Waals surface area contributed by atoms with Crippen molar-refractivity contribution in [2.24, 2.45) is 0 Å². The highest BCUT2D eigenvalue weighted by Crippen LogP contribution is 2.22. The quantitative estimate of drug-likeness (QED) is 0.461. The van der Waals surface area contributed by atoms with E-state index < -0.39 is 5.97 Å². The number of hydrogen-bond acceptors (Lipinski definition) is 6. The van der Waals surface area contributed by atoms with Gasteiger partial charge >= 0.3 is 5.97 Å². The maximum absolute atomic E-state index is 11.4. The summed E-state index contributed by atoms with van der Waals surface area (Å²) >= 11 is 5.91. The lowest BCUT2D eigenvalue weighted by molar-refractivity contribution is -0.137. The zero-order valence-electron chi connectivity index (χ0n) is 12.2. The second kappa shape index (κ2) is 7.56. The van der Waals surface area contributed by atoms with Gasteiger partial charge in [0.15, 0.2) is 5.82 Å². The molecule has 2 heterocycles. The topological polar surface area (TPSA) is 79.1 Å². The molecule has 0 spiro atoms. The molecule has 0 aromatic carbocycles. The summed E-state index contributed by atoms with van der Waals surface area (Å²) in [5.41, 5.74) is 0.664. The van der Waals surface area contributed by atoms with Crippen LogP contribution < -0.4 is 4.74 Å². The Balaban J connectivity index is 2.13. The fourth-order valence-electron chi connectivity index (χ4n) is 1.57. The summed E-state index contributed by atoms with van der Waals surface area (Å²) in [6, 6.07) is 3.30. The number of nitrogens with zero attached hydrogens (tertiary/aromatic N) is 4. The van der Waals surface area contributed by atoms with E-state index in [4.69, 9.17) is 21.1 Å². The molecule has 0 unspecified atom stereocenters. The highest BCUT2D eigenvalue weighted by molar-refractivity contribution is 6.29. The van der Waals surface area contributed by atoms with Gasteiger partial charge in [-0.1, -0.05) is 18.5 Å². The minimum absolute atomic E-state index is 0.282. The fraction of sp³-hybridized carbons (Fsp3) is 0.286. The van der Waals surface area contributed by atoms with E-state index in [-0.39, 0.29) is 5.15 Å². The zero-order valence-corrected chi connectivity index (χ0v) is 12.9. The summed E-state index contributed by atoms with van der Waals surface area (Å²) in [5, 5.41) is 4.50. The average Bonchev–Trinajstić information content (AvgIpc) is 2.99. The van der Waals surface area contributed by atoms with Crippen LogP contribution in [0.4, 0.5) is 0 Å². The van der Waals surface area contributed by atoms with Crippen molar-refractivity contribution < 1.29 is 14.3 Å². The number of carbonyl (C=O) groups is 1. The monoisotopic (exact) mass is 322 g/mol. The summed E-state index contributed by atoms with van der Waals surface area (Å²) in [5.74, 6) is 0.388. The molecule has 116 valence electrons. The van der Waals surface area contributed by atoms with Crippen molar-refractivity contribution in [3.05, 3.63) is 29.7 Å². The summed E-state index contributed by atoms with van der Waals surface area (Å²) < 4.78 is 11.4. The standard InChI is InChI=1S/C14H15ClN4O3/c1-3-6-22-13(20)4-5-19-9-16-14(18-19)10-7-11(15)17-12(8-10)21-2/h4-5,7-9H,3,6H2,1-2H3. The molecular formula is C14H15ClN4O3. The minimum atomic E-state index is -0.424. The smallest absolute Gasteiger partial charge is 0.332 e. The Morgan fingerprint density at radius 2 is 2.27 bits per heavy atom. The van der Waals surface area contributed by atoms with Gasteiger partial charge in [0, 0.05) is 23.9 Å². The fourth-order valence-corrected chi connectivity index (χ4v) is 1.77. The molecule has 7 nitrogen and oxygen atoms in total. The van der Waals surface area contributed by atoms with E-state index in [0.29, 0.717) is 23.9 Å². The number of aromatic nitrogens is 4. The molecule has 2 aromatic heterocycles. The number of methoxy groups -OCH3 is 1. The molecule has 0 N–H and O–H groups in total. The van der Waals surface area contributed by atoms with Crippen LogP contribution in [0.15, 0.2) is 24.5 Å². The van der Waals surface area contributed by atoms with Gasteiger partial charge in [-0.15, -0.1) is 5.10 Å². The lowest BCUT2D eigenvalue weighted by atomic mass is 10.2. The van der Waals surface area contributed by atoms with Gasteiger partial charge in [-0.25, -0.2) is 19.4 Å². The van der Waals surface area contributed by atoms with Crippen molar-refractivity contribution in [3.63, 3.8) is 0 Å². The van der Waals surface area contributed by atoms with Crippen molar-refractivity contribution in [3.8, 4) is 17.3 Å². The van der Waals surface area contributed by atoms with E-state index in [9.17, 15) is 4.79 Å². The first-order valence-corrected chi connectivity index (χ1v) is 6.98. The van der Waals surface area contributed by atoms with E-state index in [1.165, 1.54) is 30.4 Å². The van der Waals surface area contributed by atoms with Gasteiger partial charge < -0.3 is 9.47 Å². The molecular weight excluding hydrogens is 308 g/mol. The van der Waals surface area contributed by atoms with E-state index in [1.54, 1.807) is 12.1 Å². The Morgan fingerprint density at radius 3 is 3.00 bits per heavy atom. The number of esters is 1. The maximum atomic E-state index is 11.4. The maximum Gasteiger partial charge on any atom is 0.332 e. The summed E-state index contributed by atoms with van der Waals surface area (Å²) in [7, 11) is 1.50. The summed E-state index contributed by atoms with van der Waals surface area (Å²) in [6.07, 6.45) is 5.00. The van der Waals surface area contributed by atoms with Gasteiger partial charge in [0.05, 0.1) is 13.7 Å². The van der Waals surface area contributed by atoms with Crippen LogP contribution in [0, 0.1) is 0 Å². The van der Waals surface area contributed by atoms with Crippen LogP contribution in [0.5, 0.6) is 5.88 Å². The highest BCUT2D eigenvalue weighted by Gasteiger charge is 2.08. The van der Waals surface area contributed by atoms with Gasteiger partial charge in [0.2, 0.25) is 5.88 Å². The first-order valence-electron chi connectivity index (χ1n) is 6.60. The normalized spacial score (nSPS) is 10.9. The molecule has 0 saturated carbocycles. The number of rotatable bonds is 6. The molecule has 0 atom stereocenters. The van der Waals surface area contributed by atoms with Gasteiger partial charge in [-0.05, 0) is 12.5 Å². The summed E-state index contributed by atoms with van der Waals surface area (Å²) in [6.45, 7) is 2.32. The van der Waals surface area contributed by atoms with E-state index in [1.807, 2.05) is 6.92 Å². The molecule has 8 heteroatoms. The lowest BCUT2D eigenvalue weighted by Gasteiger charge is -2.01. The second-order valence-corrected chi connectivity index (χ2v) is 4.64. The number of ether oxygens (including phenoxy) is 2. The molecule has 0 aliphatic rings. The molecule has 0 aliphatic heterocycles. The molecule has 22 heavy (non-hydrogen) atoms. The molecule has 2 aromatic rings. The Kier molecular flexibility index (Phi) is 5.48. The molecule has 0 bridgehead atoms. The molecule has 0 radical (unpaired) electrons. The first-order chi connectivity index (χ1) is 10.6. The van der Waals surface area contributed by atoms with Crippen LogP contribution in [0.2, 0.25) is 5.15 Å². The number of pyridine rings is 1. The van der Waals surface area contributed by atoms with Crippen LogP contribution in [0.1, 0.15) is 13.3 Å². The summed E-state index contributed by atoms with van der Waals surface area (Å²) in [4.78, 5) is 19.5. The zero-order chi connectivity index (χ0) is 15.9. The van der Waals surface area contributed by atoms with Crippen LogP contribution >= 0.6 is 11.6 Å². The van der Waals surface area contributed by atoms with Crippen molar-refractivity contribution in [1.29, 1.82) is 0 Å². The van der Waals surface area contributed by atoms with E-state index >= 15 is 0 Å². The Morgan fingerprint density at radius 1 is 1.45 bits per heavy atom. The molecule has 0 fully saturated rings. The Labute approximate surface area is 132 Å². The second-order valence-electron chi connectivity index (χ2n) is 4.25. The predicted molar refractivity (Wildman–Crippen MR) is 81.4 cm³/mol. The van der Waals surface area contributed by atoms with E-state index in [0.717, 1.165) is 6.42 Å². The minimum Gasteiger partial charge on any atom is -0.481 e. The molecule has 0 amide bonds. The van der Waals surface area contributed by atoms with Gasteiger partial charge in [0.1, 0.15) is 11.5 Å². The third kappa shape index (κ3) is 4.29. The molecule has 0 saturated heterocycles. The van der Waals surface area contributed by atoms with Crippen LogP contribution in [0.3, 0.4) is 0 Å². The van der Waals surface area contributed by atoms with Gasteiger partial charge in [0.25, 0.3) is 0 Å². The molecule has 0 aliphatic carbocycles. The van der Waals surface area contributed by atoms with Crippen molar-refractivity contribution in [2.75, 3.05) is 13.7 Å². The first kappa shape index (κ1) is 16.0. The van der Waals surface area contributed by atoms with Crippen molar-refractivity contribution >= 4 is 23.8 Å². The lowest BCUT2D eigenvalue weighted by Crippen LogP contribution is -2.01. The third-order valence-corrected chi connectivity index (χ3v) is 2.75. The van der Waals surface area contributed by atoms with E-state index in [2.05, 4.69) is 15.1 Å². The van der Waals surface area contributed by atoms with Crippen LogP contribution in [0.25, 0.3) is 17.6 Å². The van der Waals surface area contributed by atoms with Crippen LogP contribution in [-0.2, 0) is 9.53 Å².